The van der Waals surface area contributed by atoms with E-state index in [2.05, 4.69) is 15.3 Å². The molecule has 2 unspecified atom stereocenters. The van der Waals surface area contributed by atoms with Crippen LogP contribution in [0.25, 0.3) is 0 Å². The lowest BCUT2D eigenvalue weighted by Crippen LogP contribution is -2.26. The lowest BCUT2D eigenvalue weighted by atomic mass is 10.0. The van der Waals surface area contributed by atoms with E-state index in [-0.39, 0.29) is 11.8 Å². The molecule has 2 aromatic rings. The van der Waals surface area contributed by atoms with Crippen LogP contribution in [0.15, 0.2) is 30.3 Å². The molecule has 0 fully saturated rings. The first-order chi connectivity index (χ1) is 11.6. The maximum absolute atomic E-state index is 13.0. The van der Waals surface area contributed by atoms with E-state index in [1.54, 1.807) is 21.0 Å². The Labute approximate surface area is 142 Å². The quantitative estimate of drug-likeness (QED) is 0.804. The number of aliphatic hydroxyl groups is 1. The van der Waals surface area contributed by atoms with Gasteiger partial charge in [0.15, 0.2) is 5.69 Å². The van der Waals surface area contributed by atoms with Crippen LogP contribution in [-0.2, 0) is 6.18 Å². The van der Waals surface area contributed by atoms with Gasteiger partial charge in [0, 0.05) is 20.2 Å². The van der Waals surface area contributed by atoms with Crippen molar-refractivity contribution in [1.82, 2.24) is 9.97 Å². The van der Waals surface area contributed by atoms with Crippen molar-refractivity contribution in [2.75, 3.05) is 24.3 Å². The van der Waals surface area contributed by atoms with Crippen LogP contribution in [-0.4, -0.2) is 35.2 Å². The van der Waals surface area contributed by atoms with Gasteiger partial charge in [-0.05, 0) is 24.6 Å². The van der Waals surface area contributed by atoms with Crippen molar-refractivity contribution >= 4 is 11.8 Å². The summed E-state index contributed by atoms with van der Waals surface area (Å²) in [7, 11) is 3.12. The molecule has 136 valence electrons. The van der Waals surface area contributed by atoms with Crippen LogP contribution >= 0.6 is 0 Å². The molecule has 5 nitrogen and oxygen atoms in total. The molecular weight excluding hydrogens is 340 g/mol. The molecule has 1 aromatic carbocycles. The Morgan fingerprint density at radius 2 is 1.72 bits per heavy atom. The molecule has 0 spiro atoms. The molecule has 0 saturated carbocycles. The zero-order valence-corrected chi connectivity index (χ0v) is 13.8. The van der Waals surface area contributed by atoms with Crippen molar-refractivity contribution in [3.05, 3.63) is 47.4 Å². The van der Waals surface area contributed by atoms with Gasteiger partial charge in [0.1, 0.15) is 11.6 Å². The van der Waals surface area contributed by atoms with Gasteiger partial charge in [-0.1, -0.05) is 12.1 Å². The topological polar surface area (TPSA) is 61.3 Å². The Morgan fingerprint density at radius 1 is 1.12 bits per heavy atom. The monoisotopic (exact) mass is 358 g/mol. The molecule has 1 heterocycles. The van der Waals surface area contributed by atoms with Crippen LogP contribution in [0.3, 0.4) is 0 Å². The highest BCUT2D eigenvalue weighted by molar-refractivity contribution is 5.45. The smallest absolute Gasteiger partial charge is 0.386 e. The van der Waals surface area contributed by atoms with Gasteiger partial charge >= 0.3 is 6.18 Å². The first-order valence-corrected chi connectivity index (χ1v) is 7.41. The zero-order chi connectivity index (χ0) is 18.8. The number of hydrogen-bond acceptors (Lipinski definition) is 5. The zero-order valence-electron chi connectivity index (χ0n) is 13.8. The molecule has 2 atom stereocenters. The number of rotatable bonds is 5. The van der Waals surface area contributed by atoms with E-state index >= 15 is 0 Å². The first-order valence-electron chi connectivity index (χ1n) is 7.41. The maximum Gasteiger partial charge on any atom is 0.433 e. The minimum absolute atomic E-state index is 0.0771. The molecule has 9 heteroatoms. The van der Waals surface area contributed by atoms with Crippen molar-refractivity contribution in [2.45, 2.75) is 25.2 Å². The minimum Gasteiger partial charge on any atom is -0.386 e. The molecule has 0 saturated heterocycles. The van der Waals surface area contributed by atoms with Crippen molar-refractivity contribution in [2.24, 2.45) is 0 Å². The van der Waals surface area contributed by atoms with Gasteiger partial charge in [0.25, 0.3) is 0 Å². The average Bonchev–Trinajstić information content (AvgIpc) is 2.53. The van der Waals surface area contributed by atoms with Crippen LogP contribution in [0.5, 0.6) is 0 Å². The third-order valence-corrected chi connectivity index (χ3v) is 3.50. The highest BCUT2D eigenvalue weighted by atomic mass is 19.4. The summed E-state index contributed by atoms with van der Waals surface area (Å²) in [6.07, 6.45) is -5.70. The molecule has 0 aliphatic carbocycles. The van der Waals surface area contributed by atoms with Gasteiger partial charge in [0.2, 0.25) is 5.95 Å². The van der Waals surface area contributed by atoms with Gasteiger partial charge in [-0.15, -0.1) is 0 Å². The second-order valence-corrected chi connectivity index (χ2v) is 5.76. The van der Waals surface area contributed by atoms with Gasteiger partial charge in [-0.25, -0.2) is 9.37 Å². The predicted molar refractivity (Wildman–Crippen MR) is 85.8 cm³/mol. The van der Waals surface area contributed by atoms with E-state index in [0.29, 0.717) is 5.56 Å². The van der Waals surface area contributed by atoms with E-state index in [9.17, 15) is 22.7 Å². The van der Waals surface area contributed by atoms with Gasteiger partial charge in [-0.3, -0.25) is 0 Å². The van der Waals surface area contributed by atoms with Crippen LogP contribution < -0.4 is 10.2 Å². The highest BCUT2D eigenvalue weighted by Gasteiger charge is 2.34. The minimum atomic E-state index is -4.62. The summed E-state index contributed by atoms with van der Waals surface area (Å²) < 4.78 is 51.9. The number of anilines is 2. The first kappa shape index (κ1) is 18.9. The van der Waals surface area contributed by atoms with Crippen LogP contribution in [0, 0.1) is 5.82 Å². The van der Waals surface area contributed by atoms with Crippen molar-refractivity contribution in [3.8, 4) is 0 Å². The highest BCUT2D eigenvalue weighted by Crippen LogP contribution is 2.30. The molecule has 2 rings (SSSR count). The summed E-state index contributed by atoms with van der Waals surface area (Å²) in [6.45, 7) is 1.56. The Morgan fingerprint density at radius 3 is 2.24 bits per heavy atom. The Balaban J connectivity index is 2.25. The number of aromatic nitrogens is 2. The number of hydrogen-bond donors (Lipinski definition) is 2. The summed E-state index contributed by atoms with van der Waals surface area (Å²) >= 11 is 0. The summed E-state index contributed by atoms with van der Waals surface area (Å²) in [4.78, 5) is 8.90. The molecule has 0 aliphatic rings. The normalized spacial score (nSPS) is 14.1. The molecule has 0 radical (unpaired) electrons. The molecular formula is C16H18F4N4O. The molecule has 0 aliphatic heterocycles. The van der Waals surface area contributed by atoms with Crippen molar-refractivity contribution < 1.29 is 22.7 Å². The Bertz CT molecular complexity index is 719. The fourth-order valence-corrected chi connectivity index (χ4v) is 2.10. The van der Waals surface area contributed by atoms with Gasteiger partial charge in [0.05, 0.1) is 12.1 Å². The molecule has 0 amide bonds. The summed E-state index contributed by atoms with van der Waals surface area (Å²) in [5.41, 5.74) is -0.668. The Kier molecular flexibility index (Phi) is 5.46. The van der Waals surface area contributed by atoms with Crippen molar-refractivity contribution in [1.29, 1.82) is 0 Å². The number of halogens is 4. The third-order valence-electron chi connectivity index (χ3n) is 3.50. The summed E-state index contributed by atoms with van der Waals surface area (Å²) in [5.74, 6) is -0.631. The number of nitrogens with zero attached hydrogens (tertiary/aromatic N) is 3. The largest absolute Gasteiger partial charge is 0.433 e. The number of aliphatic hydroxyl groups excluding tert-OH is 1. The number of alkyl halides is 3. The lowest BCUT2D eigenvalue weighted by Gasteiger charge is -2.22. The van der Waals surface area contributed by atoms with E-state index in [1.165, 1.54) is 29.2 Å². The van der Waals surface area contributed by atoms with E-state index in [1.807, 2.05) is 0 Å². The fourth-order valence-electron chi connectivity index (χ4n) is 2.10. The molecule has 1 aromatic heterocycles. The fraction of sp³-hybridized carbons (Fsp3) is 0.375. The molecule has 0 bridgehead atoms. The van der Waals surface area contributed by atoms with Crippen molar-refractivity contribution in [3.63, 3.8) is 0 Å². The second-order valence-electron chi connectivity index (χ2n) is 5.76. The molecule has 2 N–H and O–H groups in total. The van der Waals surface area contributed by atoms with Crippen LogP contribution in [0.1, 0.15) is 24.3 Å². The summed E-state index contributed by atoms with van der Waals surface area (Å²) in [5, 5.41) is 12.9. The second kappa shape index (κ2) is 7.22. The third kappa shape index (κ3) is 4.79. The number of benzene rings is 1. The van der Waals surface area contributed by atoms with E-state index < -0.39 is 29.8 Å². The average molecular weight is 358 g/mol. The lowest BCUT2D eigenvalue weighted by molar-refractivity contribution is -0.141. The standard InChI is InChI=1S/C16H18F4N4O/c1-9(14(25)10-4-6-11(17)7-5-10)21-15-22-12(16(18,19)20)8-13(23-15)24(2)3/h4-9,14,25H,1-3H3,(H,21,22,23). The van der Waals surface area contributed by atoms with E-state index in [4.69, 9.17) is 0 Å². The predicted octanol–water partition coefficient (Wildman–Crippen LogP) is 3.23. The SMILES string of the molecule is CC(Nc1nc(N(C)C)cc(C(F)(F)F)n1)C(O)c1ccc(F)cc1. The maximum atomic E-state index is 13.0. The Hall–Kier alpha value is -2.42. The van der Waals surface area contributed by atoms with Gasteiger partial charge < -0.3 is 15.3 Å². The van der Waals surface area contributed by atoms with Crippen LogP contribution in [0.2, 0.25) is 0 Å². The van der Waals surface area contributed by atoms with Crippen LogP contribution in [0.4, 0.5) is 29.3 Å². The number of nitrogens with one attached hydrogen (secondary N) is 1. The molecule has 25 heavy (non-hydrogen) atoms. The van der Waals surface area contributed by atoms with Gasteiger partial charge in [-0.2, -0.15) is 18.2 Å². The van der Waals surface area contributed by atoms with E-state index in [0.717, 1.165) is 6.07 Å². The summed E-state index contributed by atoms with van der Waals surface area (Å²) in [6, 6.07) is 5.31.